The molecule has 0 saturated heterocycles. The van der Waals surface area contributed by atoms with E-state index in [9.17, 15) is 19.2 Å². The zero-order valence-electron chi connectivity index (χ0n) is 14.0. The lowest BCUT2D eigenvalue weighted by Gasteiger charge is -2.20. The zero-order valence-corrected chi connectivity index (χ0v) is 14.0. The van der Waals surface area contributed by atoms with Gasteiger partial charge in [-0.3, -0.25) is 19.2 Å². The van der Waals surface area contributed by atoms with Crippen molar-refractivity contribution in [1.29, 1.82) is 0 Å². The van der Waals surface area contributed by atoms with E-state index in [4.69, 9.17) is 15.9 Å². The summed E-state index contributed by atoms with van der Waals surface area (Å²) in [5.41, 5.74) is 6.20. The van der Waals surface area contributed by atoms with Crippen molar-refractivity contribution in [2.24, 2.45) is 5.73 Å². The molecule has 1 rings (SSSR count). The number of carbonyl (C=O) groups is 4. The van der Waals surface area contributed by atoms with Crippen molar-refractivity contribution in [3.05, 3.63) is 35.9 Å². The molecule has 10 heteroatoms. The van der Waals surface area contributed by atoms with Crippen molar-refractivity contribution < 1.29 is 29.4 Å². The Hall–Kier alpha value is -2.98. The molecule has 2 unspecified atom stereocenters. The van der Waals surface area contributed by atoms with Crippen LogP contribution >= 0.6 is 0 Å². The fraction of sp³-hybridized carbons (Fsp3) is 0.375. The summed E-state index contributed by atoms with van der Waals surface area (Å²) in [6.45, 7) is -1.59. The van der Waals surface area contributed by atoms with Crippen LogP contribution in [0.5, 0.6) is 0 Å². The third-order valence-corrected chi connectivity index (χ3v) is 3.31. The van der Waals surface area contributed by atoms with E-state index in [1.165, 1.54) is 0 Å². The number of aliphatic hydroxyl groups excluding tert-OH is 1. The van der Waals surface area contributed by atoms with Crippen molar-refractivity contribution >= 4 is 23.7 Å². The molecule has 0 aliphatic carbocycles. The van der Waals surface area contributed by atoms with Gasteiger partial charge in [0, 0.05) is 6.42 Å². The number of nitrogens with one attached hydrogen (secondary N) is 3. The highest BCUT2D eigenvalue weighted by Crippen LogP contribution is 2.04. The fourth-order valence-electron chi connectivity index (χ4n) is 1.95. The van der Waals surface area contributed by atoms with Gasteiger partial charge in [-0.05, 0) is 5.56 Å². The van der Waals surface area contributed by atoms with Gasteiger partial charge >= 0.3 is 5.97 Å². The van der Waals surface area contributed by atoms with Gasteiger partial charge in [-0.15, -0.1) is 0 Å². The minimum Gasteiger partial charge on any atom is -0.480 e. The second-order valence-electron chi connectivity index (χ2n) is 5.43. The molecule has 1 aromatic rings. The SMILES string of the molecule is NC(CO)C(=O)NC(Cc1ccccc1)C(=O)NCC(=O)NCC(=O)O. The van der Waals surface area contributed by atoms with Crippen LogP contribution in [0.25, 0.3) is 0 Å². The first kappa shape index (κ1) is 21.1. The number of carboxylic acids is 1. The molecule has 1 aromatic carbocycles. The largest absolute Gasteiger partial charge is 0.480 e. The summed E-state index contributed by atoms with van der Waals surface area (Å²) in [7, 11) is 0. The summed E-state index contributed by atoms with van der Waals surface area (Å²) in [5, 5.41) is 24.3. The maximum atomic E-state index is 12.3. The van der Waals surface area contributed by atoms with Gasteiger partial charge in [-0.25, -0.2) is 0 Å². The average Bonchev–Trinajstić information content (AvgIpc) is 2.63. The Morgan fingerprint density at radius 3 is 2.23 bits per heavy atom. The number of hydrogen-bond donors (Lipinski definition) is 6. The Bertz CT molecular complexity index is 637. The molecule has 0 fully saturated rings. The standard InChI is InChI=1S/C16H22N4O6/c17-11(9-21)15(25)20-12(6-10-4-2-1-3-5-10)16(26)19-7-13(22)18-8-14(23)24/h1-5,11-12,21H,6-9,17H2,(H,18,22)(H,19,26)(H,20,25)(H,23,24). The van der Waals surface area contributed by atoms with Crippen molar-refractivity contribution in [2.75, 3.05) is 19.7 Å². The Labute approximate surface area is 149 Å². The van der Waals surface area contributed by atoms with Crippen LogP contribution in [0.15, 0.2) is 30.3 Å². The number of rotatable bonds is 10. The number of carbonyl (C=O) groups excluding carboxylic acids is 3. The van der Waals surface area contributed by atoms with Crippen LogP contribution in [-0.4, -0.2) is 65.7 Å². The predicted molar refractivity (Wildman–Crippen MR) is 90.8 cm³/mol. The molecule has 0 bridgehead atoms. The lowest BCUT2D eigenvalue weighted by Crippen LogP contribution is -2.54. The van der Waals surface area contributed by atoms with Gasteiger partial charge in [0.2, 0.25) is 17.7 Å². The van der Waals surface area contributed by atoms with Crippen LogP contribution in [0.4, 0.5) is 0 Å². The van der Waals surface area contributed by atoms with Gasteiger partial charge in [0.05, 0.1) is 13.2 Å². The van der Waals surface area contributed by atoms with Crippen LogP contribution < -0.4 is 21.7 Å². The quantitative estimate of drug-likeness (QED) is 0.262. The molecule has 0 radical (unpaired) electrons. The first-order valence-electron chi connectivity index (χ1n) is 7.80. The second kappa shape index (κ2) is 10.8. The van der Waals surface area contributed by atoms with Gasteiger partial charge in [0.1, 0.15) is 18.6 Å². The molecular formula is C16H22N4O6. The van der Waals surface area contributed by atoms with E-state index in [1.807, 2.05) is 0 Å². The molecule has 3 amide bonds. The monoisotopic (exact) mass is 366 g/mol. The molecule has 0 aliphatic rings. The van der Waals surface area contributed by atoms with Crippen LogP contribution in [0.1, 0.15) is 5.56 Å². The van der Waals surface area contributed by atoms with E-state index < -0.39 is 55.5 Å². The average molecular weight is 366 g/mol. The lowest BCUT2D eigenvalue weighted by atomic mass is 10.0. The number of hydrogen-bond acceptors (Lipinski definition) is 6. The van der Waals surface area contributed by atoms with Crippen LogP contribution in [0, 0.1) is 0 Å². The Morgan fingerprint density at radius 1 is 1.00 bits per heavy atom. The molecule has 0 spiro atoms. The fourth-order valence-corrected chi connectivity index (χ4v) is 1.95. The van der Waals surface area contributed by atoms with Gasteiger partial charge in [0.15, 0.2) is 0 Å². The summed E-state index contributed by atoms with van der Waals surface area (Å²) >= 11 is 0. The first-order valence-corrected chi connectivity index (χ1v) is 7.80. The van der Waals surface area contributed by atoms with Crippen LogP contribution in [0.3, 0.4) is 0 Å². The van der Waals surface area contributed by atoms with Crippen LogP contribution in [-0.2, 0) is 25.6 Å². The number of aliphatic hydroxyl groups is 1. The summed E-state index contributed by atoms with van der Waals surface area (Å²) in [6.07, 6.45) is 0.146. The minimum absolute atomic E-state index is 0.146. The topological polar surface area (TPSA) is 171 Å². The summed E-state index contributed by atoms with van der Waals surface area (Å²) in [4.78, 5) is 46.1. The maximum absolute atomic E-state index is 12.3. The molecular weight excluding hydrogens is 344 g/mol. The molecule has 0 heterocycles. The molecule has 26 heavy (non-hydrogen) atoms. The van der Waals surface area contributed by atoms with Crippen LogP contribution in [0.2, 0.25) is 0 Å². The normalized spacial score (nSPS) is 12.5. The number of aliphatic carboxylic acids is 1. The summed E-state index contributed by atoms with van der Waals surface area (Å²) in [6, 6.07) is 6.66. The second-order valence-corrected chi connectivity index (χ2v) is 5.43. The lowest BCUT2D eigenvalue weighted by molar-refractivity contribution is -0.138. The maximum Gasteiger partial charge on any atom is 0.322 e. The van der Waals surface area contributed by atoms with E-state index >= 15 is 0 Å². The first-order chi connectivity index (χ1) is 12.3. The molecule has 0 aliphatic heterocycles. The van der Waals surface area contributed by atoms with E-state index in [-0.39, 0.29) is 6.42 Å². The molecule has 2 atom stereocenters. The van der Waals surface area contributed by atoms with Gasteiger partial charge in [-0.1, -0.05) is 30.3 Å². The highest BCUT2D eigenvalue weighted by molar-refractivity contribution is 5.92. The number of benzene rings is 1. The summed E-state index contributed by atoms with van der Waals surface area (Å²) in [5.74, 6) is -3.24. The predicted octanol–water partition coefficient (Wildman–Crippen LogP) is -2.65. The Kier molecular flexibility index (Phi) is 8.75. The smallest absolute Gasteiger partial charge is 0.322 e. The zero-order chi connectivity index (χ0) is 19.5. The van der Waals surface area contributed by atoms with Crippen molar-refractivity contribution in [1.82, 2.24) is 16.0 Å². The molecule has 0 saturated carbocycles. The van der Waals surface area contributed by atoms with E-state index in [2.05, 4.69) is 16.0 Å². The highest BCUT2D eigenvalue weighted by atomic mass is 16.4. The third kappa shape index (κ3) is 7.73. The summed E-state index contributed by atoms with van der Waals surface area (Å²) < 4.78 is 0. The van der Waals surface area contributed by atoms with Gasteiger partial charge < -0.3 is 31.9 Å². The van der Waals surface area contributed by atoms with E-state index in [0.717, 1.165) is 5.56 Å². The Balaban J connectivity index is 2.70. The molecule has 7 N–H and O–H groups in total. The van der Waals surface area contributed by atoms with Crippen molar-refractivity contribution in [3.63, 3.8) is 0 Å². The van der Waals surface area contributed by atoms with Crippen molar-refractivity contribution in [2.45, 2.75) is 18.5 Å². The van der Waals surface area contributed by atoms with E-state index in [1.54, 1.807) is 30.3 Å². The Morgan fingerprint density at radius 2 is 1.65 bits per heavy atom. The minimum atomic E-state index is -1.21. The number of nitrogens with two attached hydrogens (primary N) is 1. The molecule has 0 aromatic heterocycles. The van der Waals surface area contributed by atoms with E-state index in [0.29, 0.717) is 0 Å². The molecule has 10 nitrogen and oxygen atoms in total. The van der Waals surface area contributed by atoms with Crippen molar-refractivity contribution in [3.8, 4) is 0 Å². The molecule has 142 valence electrons. The third-order valence-electron chi connectivity index (χ3n) is 3.31. The van der Waals surface area contributed by atoms with Gasteiger partial charge in [-0.2, -0.15) is 0 Å². The highest BCUT2D eigenvalue weighted by Gasteiger charge is 2.24. The number of amides is 3. The van der Waals surface area contributed by atoms with Gasteiger partial charge in [0.25, 0.3) is 0 Å². The number of carboxylic acid groups (broad SMARTS) is 1.